The Balaban J connectivity index is 2.14. The summed E-state index contributed by atoms with van der Waals surface area (Å²) in [5, 5.41) is 2.92. The third kappa shape index (κ3) is 3.69. The fourth-order valence-electron chi connectivity index (χ4n) is 2.85. The molecule has 0 radical (unpaired) electrons. The minimum Gasteiger partial charge on any atom is -0.354 e. The van der Waals surface area contributed by atoms with Gasteiger partial charge in [0.2, 0.25) is 5.91 Å². The first kappa shape index (κ1) is 16.6. The number of rotatable bonds is 3. The molecule has 0 aromatic carbocycles. The predicted molar refractivity (Wildman–Crippen MR) is 77.4 cm³/mol. The Labute approximate surface area is 127 Å². The van der Waals surface area contributed by atoms with Gasteiger partial charge >= 0.3 is 6.18 Å². The molecule has 1 fully saturated rings. The van der Waals surface area contributed by atoms with Crippen molar-refractivity contribution in [3.63, 3.8) is 0 Å². The van der Waals surface area contributed by atoms with Crippen molar-refractivity contribution in [2.75, 3.05) is 18.0 Å². The summed E-state index contributed by atoms with van der Waals surface area (Å²) in [6.45, 7) is 6.84. The summed E-state index contributed by atoms with van der Waals surface area (Å²) >= 11 is 0. The number of nitrogens with zero attached hydrogens (tertiary/aromatic N) is 2. The highest BCUT2D eigenvalue weighted by molar-refractivity contribution is 5.73. The predicted octanol–water partition coefficient (Wildman–Crippen LogP) is 2.70. The lowest BCUT2D eigenvalue weighted by molar-refractivity contribution is -0.137. The zero-order valence-corrected chi connectivity index (χ0v) is 12.8. The maximum atomic E-state index is 12.6. The smallest absolute Gasteiger partial charge is 0.354 e. The van der Waals surface area contributed by atoms with E-state index in [1.54, 1.807) is 0 Å². The van der Waals surface area contributed by atoms with E-state index in [1.807, 2.05) is 4.90 Å². The molecular formula is C15H20F3N3O. The van der Waals surface area contributed by atoms with Crippen LogP contribution in [0.5, 0.6) is 0 Å². The number of hydrogen-bond donors (Lipinski definition) is 1. The average molecular weight is 315 g/mol. The molecule has 1 saturated heterocycles. The minimum absolute atomic E-state index is 0.0124. The monoisotopic (exact) mass is 315 g/mol. The van der Waals surface area contributed by atoms with Crippen LogP contribution >= 0.6 is 0 Å². The molecule has 1 amide bonds. The zero-order valence-electron chi connectivity index (χ0n) is 12.8. The van der Waals surface area contributed by atoms with Gasteiger partial charge in [-0.3, -0.25) is 4.79 Å². The van der Waals surface area contributed by atoms with Crippen molar-refractivity contribution in [3.05, 3.63) is 23.9 Å². The number of amides is 1. The van der Waals surface area contributed by atoms with Crippen molar-refractivity contribution < 1.29 is 18.0 Å². The summed E-state index contributed by atoms with van der Waals surface area (Å²) in [7, 11) is 0. The number of hydrogen-bond acceptors (Lipinski definition) is 3. The molecule has 0 bridgehead atoms. The Hall–Kier alpha value is -1.79. The minimum atomic E-state index is -4.38. The van der Waals surface area contributed by atoms with E-state index in [0.29, 0.717) is 24.8 Å². The van der Waals surface area contributed by atoms with E-state index in [0.717, 1.165) is 12.3 Å². The first-order valence-electron chi connectivity index (χ1n) is 7.23. The third-order valence-corrected chi connectivity index (χ3v) is 4.01. The first-order valence-corrected chi connectivity index (χ1v) is 7.23. The van der Waals surface area contributed by atoms with E-state index in [4.69, 9.17) is 0 Å². The number of alkyl halides is 3. The van der Waals surface area contributed by atoms with Gasteiger partial charge in [-0.15, -0.1) is 0 Å². The molecule has 22 heavy (non-hydrogen) atoms. The second-order valence-electron chi connectivity index (χ2n) is 6.02. The highest BCUT2D eigenvalue weighted by Crippen LogP contribution is 2.31. The molecule has 1 aliphatic rings. The number of carbonyl (C=O) groups excluding carboxylic acids is 1. The lowest BCUT2D eigenvalue weighted by atomic mass is 9.91. The van der Waals surface area contributed by atoms with Crippen molar-refractivity contribution in [2.24, 2.45) is 11.8 Å². The second-order valence-corrected chi connectivity index (χ2v) is 6.02. The number of aromatic nitrogens is 1. The molecular weight excluding hydrogens is 295 g/mol. The van der Waals surface area contributed by atoms with Crippen molar-refractivity contribution in [2.45, 2.75) is 33.0 Å². The van der Waals surface area contributed by atoms with Gasteiger partial charge in [0.25, 0.3) is 0 Å². The first-order chi connectivity index (χ1) is 10.2. The highest BCUT2D eigenvalue weighted by atomic mass is 19.4. The van der Waals surface area contributed by atoms with Crippen LogP contribution in [0, 0.1) is 11.8 Å². The molecule has 0 saturated carbocycles. The molecule has 0 aliphatic carbocycles. The molecule has 1 aromatic heterocycles. The summed E-state index contributed by atoms with van der Waals surface area (Å²) in [4.78, 5) is 17.1. The van der Waals surface area contributed by atoms with E-state index in [1.165, 1.54) is 13.0 Å². The Morgan fingerprint density at radius 1 is 1.36 bits per heavy atom. The average Bonchev–Trinajstić information content (AvgIpc) is 2.81. The molecule has 2 atom stereocenters. The van der Waals surface area contributed by atoms with Crippen LogP contribution in [0.3, 0.4) is 0 Å². The van der Waals surface area contributed by atoms with Crippen molar-refractivity contribution in [1.82, 2.24) is 10.3 Å². The van der Waals surface area contributed by atoms with Crippen LogP contribution in [0.4, 0.5) is 19.0 Å². The normalized spacial score (nSPS) is 22.2. The van der Waals surface area contributed by atoms with Crippen LogP contribution in [0.2, 0.25) is 0 Å². The summed E-state index contributed by atoms with van der Waals surface area (Å²) < 4.78 is 37.7. The molecule has 7 heteroatoms. The van der Waals surface area contributed by atoms with Crippen LogP contribution in [0.1, 0.15) is 26.3 Å². The van der Waals surface area contributed by atoms with Gasteiger partial charge in [-0.1, -0.05) is 13.8 Å². The summed E-state index contributed by atoms with van der Waals surface area (Å²) in [5.74, 6) is 1.01. The van der Waals surface area contributed by atoms with Crippen molar-refractivity contribution in [3.8, 4) is 0 Å². The van der Waals surface area contributed by atoms with Crippen LogP contribution < -0.4 is 10.2 Å². The maximum Gasteiger partial charge on any atom is 0.417 e. The number of halogens is 3. The van der Waals surface area contributed by atoms with Gasteiger partial charge < -0.3 is 10.2 Å². The quantitative estimate of drug-likeness (QED) is 0.933. The van der Waals surface area contributed by atoms with Crippen LogP contribution in [0.15, 0.2) is 18.3 Å². The number of pyridine rings is 1. The highest BCUT2D eigenvalue weighted by Gasteiger charge is 2.36. The van der Waals surface area contributed by atoms with Crippen LogP contribution in [-0.4, -0.2) is 30.0 Å². The number of anilines is 1. The Bertz CT molecular complexity index is 528. The SMILES string of the molecule is CC(=O)NC1CN(c2ccc(C(F)(F)F)cn2)CC1C(C)C. The van der Waals surface area contributed by atoms with Gasteiger partial charge in [-0.25, -0.2) is 4.98 Å². The fourth-order valence-corrected chi connectivity index (χ4v) is 2.85. The number of nitrogens with one attached hydrogen (secondary N) is 1. The van der Waals surface area contributed by atoms with E-state index < -0.39 is 11.7 Å². The van der Waals surface area contributed by atoms with Gasteiger partial charge in [-0.05, 0) is 18.1 Å². The van der Waals surface area contributed by atoms with Gasteiger partial charge in [0.1, 0.15) is 5.82 Å². The lowest BCUT2D eigenvalue weighted by Crippen LogP contribution is -2.40. The topological polar surface area (TPSA) is 45.2 Å². The molecule has 4 nitrogen and oxygen atoms in total. The van der Waals surface area contributed by atoms with Gasteiger partial charge in [0.15, 0.2) is 0 Å². The zero-order chi connectivity index (χ0) is 16.5. The third-order valence-electron chi connectivity index (χ3n) is 4.01. The van der Waals surface area contributed by atoms with Gasteiger partial charge in [0, 0.05) is 32.1 Å². The molecule has 2 rings (SSSR count). The Morgan fingerprint density at radius 2 is 2.05 bits per heavy atom. The Kier molecular flexibility index (Phi) is 4.63. The molecule has 2 heterocycles. The summed E-state index contributed by atoms with van der Waals surface area (Å²) in [5.41, 5.74) is -0.755. The molecule has 1 N–H and O–H groups in total. The summed E-state index contributed by atoms with van der Waals surface area (Å²) in [6.07, 6.45) is -3.53. The van der Waals surface area contributed by atoms with Crippen LogP contribution in [0.25, 0.3) is 0 Å². The molecule has 122 valence electrons. The van der Waals surface area contributed by atoms with Gasteiger partial charge in [0.05, 0.1) is 11.6 Å². The van der Waals surface area contributed by atoms with E-state index in [2.05, 4.69) is 24.1 Å². The standard InChI is InChI=1S/C15H20F3N3O/c1-9(2)12-7-21(8-13(12)20-10(3)22)14-5-4-11(6-19-14)15(16,17)18/h4-6,9,12-13H,7-8H2,1-3H3,(H,20,22). The largest absolute Gasteiger partial charge is 0.417 e. The van der Waals surface area contributed by atoms with Crippen LogP contribution in [-0.2, 0) is 11.0 Å². The van der Waals surface area contributed by atoms with Gasteiger partial charge in [-0.2, -0.15) is 13.2 Å². The van der Waals surface area contributed by atoms with E-state index in [-0.39, 0.29) is 17.9 Å². The lowest BCUT2D eigenvalue weighted by Gasteiger charge is -2.21. The van der Waals surface area contributed by atoms with E-state index >= 15 is 0 Å². The fraction of sp³-hybridized carbons (Fsp3) is 0.600. The van der Waals surface area contributed by atoms with Crippen molar-refractivity contribution >= 4 is 11.7 Å². The van der Waals surface area contributed by atoms with E-state index in [9.17, 15) is 18.0 Å². The molecule has 1 aromatic rings. The molecule has 0 spiro atoms. The molecule has 1 aliphatic heterocycles. The second kappa shape index (κ2) is 6.14. The number of carbonyl (C=O) groups is 1. The maximum absolute atomic E-state index is 12.6. The Morgan fingerprint density at radius 3 is 2.50 bits per heavy atom. The molecule has 2 unspecified atom stereocenters. The summed E-state index contributed by atoms with van der Waals surface area (Å²) in [6, 6.07) is 2.41. The van der Waals surface area contributed by atoms with Crippen molar-refractivity contribution in [1.29, 1.82) is 0 Å².